The molecule has 1 aromatic heterocycles. The van der Waals surface area contributed by atoms with Crippen molar-refractivity contribution in [3.63, 3.8) is 0 Å². The summed E-state index contributed by atoms with van der Waals surface area (Å²) in [6, 6.07) is 10.5. The lowest BCUT2D eigenvalue weighted by Crippen LogP contribution is -2.03. The van der Waals surface area contributed by atoms with Crippen molar-refractivity contribution in [2.75, 3.05) is 0 Å². The van der Waals surface area contributed by atoms with Gasteiger partial charge in [-0.1, -0.05) is 47.1 Å². The smallest absolute Gasteiger partial charge is 0.0492 e. The van der Waals surface area contributed by atoms with Gasteiger partial charge in [0.05, 0.1) is 0 Å². The van der Waals surface area contributed by atoms with Gasteiger partial charge in [0, 0.05) is 28.5 Å². The molecule has 0 amide bonds. The molecule has 2 heteroatoms. The Labute approximate surface area is 98.7 Å². The van der Waals surface area contributed by atoms with Gasteiger partial charge in [0.1, 0.15) is 0 Å². The molecule has 0 aliphatic rings. The number of nitrogens with zero attached hydrogens (tertiary/aromatic N) is 1. The summed E-state index contributed by atoms with van der Waals surface area (Å²) in [7, 11) is 0. The van der Waals surface area contributed by atoms with Gasteiger partial charge in [0.15, 0.2) is 0 Å². The van der Waals surface area contributed by atoms with E-state index in [4.69, 9.17) is 0 Å². The lowest BCUT2D eigenvalue weighted by molar-refractivity contribution is 0.815. The van der Waals surface area contributed by atoms with Crippen LogP contribution in [0.5, 0.6) is 0 Å². The van der Waals surface area contributed by atoms with Crippen LogP contribution < -0.4 is 0 Å². The zero-order chi connectivity index (χ0) is 10.7. The second-order valence-corrected chi connectivity index (χ2v) is 4.98. The van der Waals surface area contributed by atoms with Crippen molar-refractivity contribution in [3.05, 3.63) is 42.2 Å². The molecule has 2 aromatic rings. The van der Waals surface area contributed by atoms with Gasteiger partial charge >= 0.3 is 0 Å². The Morgan fingerprint density at radius 2 is 2.07 bits per heavy atom. The first-order chi connectivity index (χ1) is 7.31. The molecule has 2 rings (SSSR count). The molecule has 0 aliphatic carbocycles. The summed E-state index contributed by atoms with van der Waals surface area (Å²) < 4.78 is 0. The largest absolute Gasteiger partial charge is 0.261 e. The molecule has 0 bridgehead atoms. The average molecular weight is 264 g/mol. The van der Waals surface area contributed by atoms with Crippen molar-refractivity contribution in [2.45, 2.75) is 24.6 Å². The zero-order valence-corrected chi connectivity index (χ0v) is 10.4. The summed E-state index contributed by atoms with van der Waals surface area (Å²) in [5, 5.41) is 2.55. The summed E-state index contributed by atoms with van der Waals surface area (Å²) >= 11 is 3.66. The van der Waals surface area contributed by atoms with Crippen LogP contribution in [0.25, 0.3) is 10.8 Å². The van der Waals surface area contributed by atoms with Gasteiger partial charge in [-0.05, 0) is 17.9 Å². The lowest BCUT2D eigenvalue weighted by Gasteiger charge is -2.08. The topological polar surface area (TPSA) is 12.9 Å². The monoisotopic (exact) mass is 263 g/mol. The molecular weight excluding hydrogens is 250 g/mol. The summed E-state index contributed by atoms with van der Waals surface area (Å²) in [5.41, 5.74) is 1.19. The second-order valence-electron chi connectivity index (χ2n) is 3.69. The van der Waals surface area contributed by atoms with Crippen molar-refractivity contribution >= 4 is 26.7 Å². The van der Waals surface area contributed by atoms with E-state index in [-0.39, 0.29) is 0 Å². The Hall–Kier alpha value is -0.890. The van der Waals surface area contributed by atoms with Crippen LogP contribution in [0.3, 0.4) is 0 Å². The van der Waals surface area contributed by atoms with Crippen molar-refractivity contribution in [2.24, 2.45) is 0 Å². The van der Waals surface area contributed by atoms with Gasteiger partial charge in [0.2, 0.25) is 0 Å². The van der Waals surface area contributed by atoms with Crippen molar-refractivity contribution in [1.29, 1.82) is 0 Å². The Morgan fingerprint density at radius 1 is 1.27 bits per heavy atom. The van der Waals surface area contributed by atoms with E-state index in [9.17, 15) is 0 Å². The first-order valence-corrected chi connectivity index (χ1v) is 6.19. The number of benzene rings is 1. The minimum atomic E-state index is 0.524. The van der Waals surface area contributed by atoms with Gasteiger partial charge in [-0.15, -0.1) is 0 Å². The van der Waals surface area contributed by atoms with E-state index in [0.717, 1.165) is 12.8 Å². The maximum atomic E-state index is 4.46. The molecule has 0 spiro atoms. The van der Waals surface area contributed by atoms with E-state index in [1.165, 1.54) is 16.5 Å². The molecule has 1 aromatic carbocycles. The molecule has 1 unspecified atom stereocenters. The van der Waals surface area contributed by atoms with Gasteiger partial charge in [-0.2, -0.15) is 0 Å². The van der Waals surface area contributed by atoms with Crippen molar-refractivity contribution in [3.8, 4) is 0 Å². The normalized spacial score (nSPS) is 12.9. The summed E-state index contributed by atoms with van der Waals surface area (Å²) in [5.74, 6) is 0. The van der Waals surface area contributed by atoms with Crippen LogP contribution in [0.15, 0.2) is 36.5 Å². The molecule has 0 N–H and O–H groups in total. The van der Waals surface area contributed by atoms with Crippen LogP contribution in [0.4, 0.5) is 0 Å². The standard InChI is InChI=1S/C13H14BrN/c1-2-11(14)9-13-12-6-4-3-5-10(12)7-8-15-13/h3-8,11H,2,9H2,1H3. The van der Waals surface area contributed by atoms with E-state index < -0.39 is 0 Å². The van der Waals surface area contributed by atoms with Crippen LogP contribution in [0.2, 0.25) is 0 Å². The fraction of sp³-hybridized carbons (Fsp3) is 0.308. The number of alkyl halides is 1. The number of fused-ring (bicyclic) bond motifs is 1. The highest BCUT2D eigenvalue weighted by atomic mass is 79.9. The molecule has 1 nitrogen and oxygen atoms in total. The maximum Gasteiger partial charge on any atom is 0.0492 e. The highest BCUT2D eigenvalue weighted by molar-refractivity contribution is 9.09. The van der Waals surface area contributed by atoms with Gasteiger partial charge in [0.25, 0.3) is 0 Å². The minimum absolute atomic E-state index is 0.524. The van der Waals surface area contributed by atoms with Crippen molar-refractivity contribution in [1.82, 2.24) is 4.98 Å². The van der Waals surface area contributed by atoms with Crippen LogP contribution >= 0.6 is 15.9 Å². The van der Waals surface area contributed by atoms with Gasteiger partial charge < -0.3 is 0 Å². The number of hydrogen-bond donors (Lipinski definition) is 0. The lowest BCUT2D eigenvalue weighted by atomic mass is 10.1. The molecule has 15 heavy (non-hydrogen) atoms. The van der Waals surface area contributed by atoms with Gasteiger partial charge in [-0.3, -0.25) is 4.98 Å². The fourth-order valence-electron chi connectivity index (χ4n) is 1.70. The SMILES string of the molecule is CCC(Br)Cc1nccc2ccccc12. The Kier molecular flexibility index (Phi) is 3.37. The third-order valence-corrected chi connectivity index (χ3v) is 3.59. The Bertz CT molecular complexity index is 448. The number of hydrogen-bond acceptors (Lipinski definition) is 1. The quantitative estimate of drug-likeness (QED) is 0.765. The molecule has 0 fully saturated rings. The van der Waals surface area contributed by atoms with Crippen LogP contribution in [0, 0.1) is 0 Å². The van der Waals surface area contributed by atoms with Crippen LogP contribution in [-0.2, 0) is 6.42 Å². The van der Waals surface area contributed by atoms with Crippen LogP contribution in [0.1, 0.15) is 19.0 Å². The third-order valence-electron chi connectivity index (χ3n) is 2.61. The predicted molar refractivity (Wildman–Crippen MR) is 68.5 cm³/mol. The number of pyridine rings is 1. The predicted octanol–water partition coefficient (Wildman–Crippen LogP) is 3.95. The molecule has 0 aliphatic heterocycles. The van der Waals surface area contributed by atoms with Crippen LogP contribution in [-0.4, -0.2) is 9.81 Å². The molecule has 78 valence electrons. The summed E-state index contributed by atoms with van der Waals surface area (Å²) in [6.45, 7) is 2.19. The van der Waals surface area contributed by atoms with E-state index in [1.54, 1.807) is 0 Å². The Morgan fingerprint density at radius 3 is 2.87 bits per heavy atom. The molecule has 1 atom stereocenters. The number of halogens is 1. The maximum absolute atomic E-state index is 4.46. The summed E-state index contributed by atoms with van der Waals surface area (Å²) in [4.78, 5) is 4.99. The van der Waals surface area contributed by atoms with Gasteiger partial charge in [-0.25, -0.2) is 0 Å². The molecule has 0 saturated heterocycles. The van der Waals surface area contributed by atoms with E-state index >= 15 is 0 Å². The molecule has 1 heterocycles. The molecule has 0 radical (unpaired) electrons. The number of rotatable bonds is 3. The first-order valence-electron chi connectivity index (χ1n) is 5.28. The highest BCUT2D eigenvalue weighted by Gasteiger charge is 2.06. The zero-order valence-electron chi connectivity index (χ0n) is 8.78. The van der Waals surface area contributed by atoms with E-state index in [0.29, 0.717) is 4.83 Å². The van der Waals surface area contributed by atoms with Crippen molar-refractivity contribution < 1.29 is 0 Å². The average Bonchev–Trinajstić information content (AvgIpc) is 2.29. The van der Waals surface area contributed by atoms with E-state index in [2.05, 4.69) is 58.2 Å². The molecule has 0 saturated carbocycles. The third kappa shape index (κ3) is 2.37. The first kappa shape index (κ1) is 10.6. The minimum Gasteiger partial charge on any atom is -0.261 e. The second kappa shape index (κ2) is 4.75. The van der Waals surface area contributed by atoms with E-state index in [1.807, 2.05) is 6.20 Å². The molecular formula is C13H14BrN. The highest BCUT2D eigenvalue weighted by Crippen LogP contribution is 2.20. The Balaban J connectivity index is 2.42. The summed E-state index contributed by atoms with van der Waals surface area (Å²) in [6.07, 6.45) is 4.02. The fourth-order valence-corrected chi connectivity index (χ4v) is 2.01. The number of aromatic nitrogens is 1.